The second-order valence-electron chi connectivity index (χ2n) is 6.03. The molecule has 4 heteroatoms. The zero-order valence-corrected chi connectivity index (χ0v) is 12.6. The van der Waals surface area contributed by atoms with Gasteiger partial charge < -0.3 is 9.47 Å². The maximum absolute atomic E-state index is 12.9. The van der Waals surface area contributed by atoms with Crippen molar-refractivity contribution in [2.24, 2.45) is 0 Å². The van der Waals surface area contributed by atoms with E-state index in [1.807, 2.05) is 12.1 Å². The highest BCUT2D eigenvalue weighted by Gasteiger charge is 2.26. The Balaban J connectivity index is 1.76. The predicted molar refractivity (Wildman–Crippen MR) is 80.8 cm³/mol. The van der Waals surface area contributed by atoms with E-state index in [0.29, 0.717) is 11.3 Å². The molecule has 0 N–H and O–H groups in total. The molecule has 0 bridgehead atoms. The van der Waals surface area contributed by atoms with Gasteiger partial charge in [0.1, 0.15) is 22.9 Å². The summed E-state index contributed by atoms with van der Waals surface area (Å²) in [6.45, 7) is 4.11. The largest absolute Gasteiger partial charge is 0.488 e. The third-order valence-corrected chi connectivity index (χ3v) is 3.71. The molecule has 0 aromatic heterocycles. The summed E-state index contributed by atoms with van der Waals surface area (Å²) in [5.74, 6) is 0.413. The van der Waals surface area contributed by atoms with E-state index in [-0.39, 0.29) is 11.4 Å². The lowest BCUT2D eigenvalue weighted by Crippen LogP contribution is -2.32. The fraction of sp³-hybridized carbons (Fsp3) is 0.278. The number of esters is 1. The molecule has 0 radical (unpaired) electrons. The van der Waals surface area contributed by atoms with Gasteiger partial charge in [0, 0.05) is 0 Å². The van der Waals surface area contributed by atoms with Crippen LogP contribution in [0.4, 0.5) is 4.39 Å². The lowest BCUT2D eigenvalue weighted by Gasteiger charge is -2.32. The minimum absolute atomic E-state index is 0.167. The molecule has 0 saturated carbocycles. The number of benzene rings is 2. The Morgan fingerprint density at radius 1 is 1.18 bits per heavy atom. The van der Waals surface area contributed by atoms with Crippen LogP contribution in [-0.2, 0) is 6.42 Å². The lowest BCUT2D eigenvalue weighted by atomic mass is 9.94. The van der Waals surface area contributed by atoms with Crippen molar-refractivity contribution >= 4 is 5.97 Å². The molecule has 1 aliphatic rings. The Kier molecular flexibility index (Phi) is 3.61. The third-order valence-electron chi connectivity index (χ3n) is 3.71. The van der Waals surface area contributed by atoms with Crippen molar-refractivity contribution in [1.29, 1.82) is 0 Å². The molecule has 3 nitrogen and oxygen atoms in total. The van der Waals surface area contributed by atoms with E-state index in [9.17, 15) is 9.18 Å². The standard InChI is InChI=1S/C18H17FO3/c1-18(2)10-9-13-11-15(7-8-16(13)22-18)21-17(20)12-3-5-14(19)6-4-12/h3-8,11H,9-10H2,1-2H3. The maximum atomic E-state index is 12.9. The summed E-state index contributed by atoms with van der Waals surface area (Å²) < 4.78 is 24.1. The topological polar surface area (TPSA) is 35.5 Å². The van der Waals surface area contributed by atoms with Gasteiger partial charge in [0.15, 0.2) is 0 Å². The van der Waals surface area contributed by atoms with Crippen molar-refractivity contribution in [3.63, 3.8) is 0 Å². The van der Waals surface area contributed by atoms with E-state index in [4.69, 9.17) is 9.47 Å². The molecule has 1 heterocycles. The van der Waals surface area contributed by atoms with Gasteiger partial charge >= 0.3 is 5.97 Å². The molecule has 2 aromatic rings. The Labute approximate surface area is 128 Å². The molecule has 2 aromatic carbocycles. The van der Waals surface area contributed by atoms with Crippen molar-refractivity contribution in [3.8, 4) is 11.5 Å². The van der Waals surface area contributed by atoms with Crippen molar-refractivity contribution in [3.05, 3.63) is 59.4 Å². The highest BCUT2D eigenvalue weighted by Crippen LogP contribution is 2.35. The van der Waals surface area contributed by atoms with E-state index in [0.717, 1.165) is 24.2 Å². The van der Waals surface area contributed by atoms with Crippen molar-refractivity contribution < 1.29 is 18.7 Å². The minimum Gasteiger partial charge on any atom is -0.488 e. The number of carbonyl (C=O) groups excluding carboxylic acids is 1. The molecule has 0 amide bonds. The minimum atomic E-state index is -0.503. The number of rotatable bonds is 2. The first-order valence-electron chi connectivity index (χ1n) is 7.23. The van der Waals surface area contributed by atoms with E-state index in [1.165, 1.54) is 24.3 Å². The van der Waals surface area contributed by atoms with Gasteiger partial charge in [0.05, 0.1) is 5.56 Å². The van der Waals surface area contributed by atoms with Crippen LogP contribution in [0.25, 0.3) is 0 Å². The molecular weight excluding hydrogens is 283 g/mol. The highest BCUT2D eigenvalue weighted by molar-refractivity contribution is 5.91. The second kappa shape index (κ2) is 5.44. The molecule has 114 valence electrons. The van der Waals surface area contributed by atoms with Crippen LogP contribution in [-0.4, -0.2) is 11.6 Å². The zero-order chi connectivity index (χ0) is 15.7. The van der Waals surface area contributed by atoms with Crippen molar-refractivity contribution in [2.75, 3.05) is 0 Å². The van der Waals surface area contributed by atoms with Crippen LogP contribution in [0.15, 0.2) is 42.5 Å². The first kappa shape index (κ1) is 14.6. The molecule has 0 aliphatic carbocycles. The van der Waals surface area contributed by atoms with Gasteiger partial charge in [-0.05, 0) is 74.7 Å². The average molecular weight is 300 g/mol. The second-order valence-corrected chi connectivity index (χ2v) is 6.03. The molecule has 0 saturated heterocycles. The molecule has 0 fully saturated rings. The van der Waals surface area contributed by atoms with Gasteiger partial charge in [-0.15, -0.1) is 0 Å². The van der Waals surface area contributed by atoms with E-state index in [2.05, 4.69) is 13.8 Å². The molecule has 22 heavy (non-hydrogen) atoms. The van der Waals surface area contributed by atoms with Crippen molar-refractivity contribution in [2.45, 2.75) is 32.3 Å². The van der Waals surface area contributed by atoms with Crippen molar-refractivity contribution in [1.82, 2.24) is 0 Å². The SMILES string of the molecule is CC1(C)CCc2cc(OC(=O)c3ccc(F)cc3)ccc2O1. The number of halogens is 1. The Bertz CT molecular complexity index is 705. The van der Waals surface area contributed by atoms with E-state index >= 15 is 0 Å². The van der Waals surface area contributed by atoms with Crippen LogP contribution in [0.2, 0.25) is 0 Å². The van der Waals surface area contributed by atoms with Crippen LogP contribution >= 0.6 is 0 Å². The molecular formula is C18H17FO3. The van der Waals surface area contributed by atoms with Gasteiger partial charge in [0.25, 0.3) is 0 Å². The number of aryl methyl sites for hydroxylation is 1. The van der Waals surface area contributed by atoms with Crippen LogP contribution in [0, 0.1) is 5.82 Å². The quantitative estimate of drug-likeness (QED) is 0.617. The smallest absolute Gasteiger partial charge is 0.343 e. The first-order valence-corrected chi connectivity index (χ1v) is 7.23. The summed E-state index contributed by atoms with van der Waals surface area (Å²) in [5, 5.41) is 0. The zero-order valence-electron chi connectivity index (χ0n) is 12.6. The van der Waals surface area contributed by atoms with E-state index in [1.54, 1.807) is 6.07 Å². The van der Waals surface area contributed by atoms with Crippen LogP contribution in [0.1, 0.15) is 36.2 Å². The fourth-order valence-corrected chi connectivity index (χ4v) is 2.45. The monoisotopic (exact) mass is 300 g/mol. The Morgan fingerprint density at radius 2 is 1.91 bits per heavy atom. The summed E-state index contributed by atoms with van der Waals surface area (Å²) in [4.78, 5) is 12.0. The predicted octanol–water partition coefficient (Wildman–Crippen LogP) is 4.15. The van der Waals surface area contributed by atoms with Gasteiger partial charge in [-0.3, -0.25) is 0 Å². The number of fused-ring (bicyclic) bond motifs is 1. The summed E-state index contributed by atoms with van der Waals surface area (Å²) in [5.41, 5.74) is 1.18. The lowest BCUT2D eigenvalue weighted by molar-refractivity contribution is 0.0727. The third kappa shape index (κ3) is 3.11. The van der Waals surface area contributed by atoms with Gasteiger partial charge in [0.2, 0.25) is 0 Å². The summed E-state index contributed by atoms with van der Waals surface area (Å²) in [6, 6.07) is 10.6. The van der Waals surface area contributed by atoms with Crippen LogP contribution < -0.4 is 9.47 Å². The normalized spacial score (nSPS) is 15.6. The van der Waals surface area contributed by atoms with Gasteiger partial charge in [-0.2, -0.15) is 0 Å². The summed E-state index contributed by atoms with van der Waals surface area (Å²) in [6.07, 6.45) is 1.79. The molecule has 0 atom stereocenters. The number of carbonyl (C=O) groups is 1. The van der Waals surface area contributed by atoms with Crippen LogP contribution in [0.3, 0.4) is 0 Å². The maximum Gasteiger partial charge on any atom is 0.343 e. The number of hydrogen-bond acceptors (Lipinski definition) is 3. The van der Waals surface area contributed by atoms with Gasteiger partial charge in [-0.25, -0.2) is 9.18 Å². The van der Waals surface area contributed by atoms with Gasteiger partial charge in [-0.1, -0.05) is 0 Å². The Morgan fingerprint density at radius 3 is 2.64 bits per heavy atom. The molecule has 0 spiro atoms. The highest BCUT2D eigenvalue weighted by atomic mass is 19.1. The number of hydrogen-bond donors (Lipinski definition) is 0. The summed E-state index contributed by atoms with van der Waals surface area (Å²) in [7, 11) is 0. The first-order chi connectivity index (χ1) is 10.4. The Hall–Kier alpha value is -2.36. The molecule has 1 aliphatic heterocycles. The molecule has 0 unspecified atom stereocenters. The number of ether oxygens (including phenoxy) is 2. The van der Waals surface area contributed by atoms with E-state index < -0.39 is 5.97 Å². The summed E-state index contributed by atoms with van der Waals surface area (Å²) >= 11 is 0. The van der Waals surface area contributed by atoms with Crippen LogP contribution in [0.5, 0.6) is 11.5 Å². The fourth-order valence-electron chi connectivity index (χ4n) is 2.45. The molecule has 3 rings (SSSR count). The average Bonchev–Trinajstić information content (AvgIpc) is 2.47.